The maximum absolute atomic E-state index is 10.9. The molecule has 0 amide bonds. The first-order chi connectivity index (χ1) is 6.97. The highest BCUT2D eigenvalue weighted by atomic mass is 32.2. The molecule has 0 rings (SSSR count). The first kappa shape index (κ1) is 14.3. The van der Waals surface area contributed by atoms with Gasteiger partial charge < -0.3 is 10.4 Å². The summed E-state index contributed by atoms with van der Waals surface area (Å²) in [5.74, 6) is -0.284. The number of hydrogen-bond acceptors (Lipinski definition) is 3. The Morgan fingerprint density at radius 1 is 1.60 bits per heavy atom. The van der Waals surface area contributed by atoms with Gasteiger partial charge in [-0.25, -0.2) is 4.79 Å². The minimum absolute atomic E-state index is 0.138. The van der Waals surface area contributed by atoms with Crippen LogP contribution in [0.1, 0.15) is 20.3 Å². The summed E-state index contributed by atoms with van der Waals surface area (Å²) in [6.07, 6.45) is 3.84. The van der Waals surface area contributed by atoms with Crippen molar-refractivity contribution in [1.29, 1.82) is 0 Å². The van der Waals surface area contributed by atoms with Crippen molar-refractivity contribution >= 4 is 16.8 Å². The Morgan fingerprint density at radius 3 is 2.60 bits per heavy atom. The summed E-state index contributed by atoms with van der Waals surface area (Å²) < 4.78 is 10.9. The minimum Gasteiger partial charge on any atom is -0.478 e. The molecule has 0 spiro atoms. The SMILES string of the molecule is CCC(=CCNC(C)CS(C)=O)C(=O)O. The quantitative estimate of drug-likeness (QED) is 0.637. The maximum atomic E-state index is 10.9. The molecule has 15 heavy (non-hydrogen) atoms. The summed E-state index contributed by atoms with van der Waals surface area (Å²) in [7, 11) is -0.820. The molecule has 0 radical (unpaired) electrons. The normalized spacial score (nSPS) is 16.1. The highest BCUT2D eigenvalue weighted by molar-refractivity contribution is 7.84. The van der Waals surface area contributed by atoms with Crippen molar-refractivity contribution in [2.45, 2.75) is 26.3 Å². The van der Waals surface area contributed by atoms with Crippen LogP contribution in [0.2, 0.25) is 0 Å². The third kappa shape index (κ3) is 7.27. The van der Waals surface area contributed by atoms with Crippen LogP contribution < -0.4 is 5.32 Å². The predicted molar refractivity (Wildman–Crippen MR) is 62.4 cm³/mol. The highest BCUT2D eigenvalue weighted by Crippen LogP contribution is 1.99. The molecule has 4 nitrogen and oxygen atoms in total. The number of carbonyl (C=O) groups is 1. The first-order valence-corrected chi connectivity index (χ1v) is 6.65. The van der Waals surface area contributed by atoms with Crippen molar-refractivity contribution in [2.75, 3.05) is 18.6 Å². The molecule has 0 aliphatic heterocycles. The summed E-state index contributed by atoms with van der Waals surface area (Å²) in [6.45, 7) is 4.25. The number of carboxylic acids is 1. The molecule has 2 unspecified atom stereocenters. The molecule has 0 fully saturated rings. The minimum atomic E-state index is -0.869. The average molecular weight is 233 g/mol. The van der Waals surface area contributed by atoms with E-state index in [-0.39, 0.29) is 6.04 Å². The molecule has 0 aromatic heterocycles. The fraction of sp³-hybridized carbons (Fsp3) is 0.700. The van der Waals surface area contributed by atoms with Crippen LogP contribution in [0.5, 0.6) is 0 Å². The highest BCUT2D eigenvalue weighted by Gasteiger charge is 2.05. The monoisotopic (exact) mass is 233 g/mol. The molecular formula is C10H19NO3S. The third-order valence-corrected chi connectivity index (χ3v) is 2.92. The van der Waals surface area contributed by atoms with E-state index in [4.69, 9.17) is 5.11 Å². The number of carboxylic acid groups (broad SMARTS) is 1. The van der Waals surface area contributed by atoms with Gasteiger partial charge >= 0.3 is 5.97 Å². The van der Waals surface area contributed by atoms with E-state index < -0.39 is 16.8 Å². The molecule has 0 saturated heterocycles. The van der Waals surface area contributed by atoms with Gasteiger partial charge in [0.1, 0.15) is 0 Å². The fourth-order valence-electron chi connectivity index (χ4n) is 1.18. The van der Waals surface area contributed by atoms with Gasteiger partial charge in [-0.2, -0.15) is 0 Å². The molecule has 0 aliphatic rings. The lowest BCUT2D eigenvalue weighted by atomic mass is 10.2. The zero-order valence-electron chi connectivity index (χ0n) is 9.45. The summed E-state index contributed by atoms with van der Waals surface area (Å²) in [6, 6.07) is 0.138. The second-order valence-corrected chi connectivity index (χ2v) is 4.92. The van der Waals surface area contributed by atoms with Crippen LogP contribution in [0.25, 0.3) is 0 Å². The van der Waals surface area contributed by atoms with Gasteiger partial charge in [-0.15, -0.1) is 0 Å². The number of aliphatic carboxylic acids is 1. The van der Waals surface area contributed by atoms with Gasteiger partial charge in [-0.3, -0.25) is 4.21 Å². The second kappa shape index (κ2) is 7.59. The van der Waals surface area contributed by atoms with E-state index in [1.165, 1.54) is 0 Å². The zero-order valence-corrected chi connectivity index (χ0v) is 10.3. The van der Waals surface area contributed by atoms with E-state index in [2.05, 4.69) is 5.32 Å². The lowest BCUT2D eigenvalue weighted by molar-refractivity contribution is -0.132. The Labute approximate surface area is 93.2 Å². The summed E-state index contributed by atoms with van der Waals surface area (Å²) in [4.78, 5) is 10.6. The van der Waals surface area contributed by atoms with Gasteiger partial charge in [0, 0.05) is 41.0 Å². The average Bonchev–Trinajstić information content (AvgIpc) is 2.10. The van der Waals surface area contributed by atoms with Crippen LogP contribution >= 0.6 is 0 Å². The van der Waals surface area contributed by atoms with Crippen LogP contribution in [-0.2, 0) is 15.6 Å². The number of rotatable bonds is 7. The molecule has 2 N–H and O–H groups in total. The molecule has 0 aliphatic carbocycles. The van der Waals surface area contributed by atoms with E-state index in [1.54, 1.807) is 12.3 Å². The lowest BCUT2D eigenvalue weighted by Gasteiger charge is -2.10. The van der Waals surface area contributed by atoms with E-state index >= 15 is 0 Å². The van der Waals surface area contributed by atoms with Crippen molar-refractivity contribution in [1.82, 2.24) is 5.32 Å². The van der Waals surface area contributed by atoms with E-state index in [1.807, 2.05) is 13.8 Å². The Morgan fingerprint density at radius 2 is 2.20 bits per heavy atom. The Kier molecular flexibility index (Phi) is 7.25. The van der Waals surface area contributed by atoms with Gasteiger partial charge in [0.25, 0.3) is 0 Å². The van der Waals surface area contributed by atoms with Gasteiger partial charge in [0.05, 0.1) is 0 Å². The molecule has 0 saturated carbocycles. The summed E-state index contributed by atoms with van der Waals surface area (Å²) in [5.41, 5.74) is 0.410. The molecule has 5 heteroatoms. The van der Waals surface area contributed by atoms with Crippen molar-refractivity contribution in [3.05, 3.63) is 11.6 Å². The lowest BCUT2D eigenvalue weighted by Crippen LogP contribution is -2.31. The summed E-state index contributed by atoms with van der Waals surface area (Å²) >= 11 is 0. The maximum Gasteiger partial charge on any atom is 0.331 e. The predicted octanol–water partition coefficient (Wildman–Crippen LogP) is 0.764. The molecule has 0 aromatic carbocycles. The van der Waals surface area contributed by atoms with E-state index in [9.17, 15) is 9.00 Å². The second-order valence-electron chi connectivity index (χ2n) is 3.44. The van der Waals surface area contributed by atoms with Crippen molar-refractivity contribution < 1.29 is 14.1 Å². The topological polar surface area (TPSA) is 66.4 Å². The smallest absolute Gasteiger partial charge is 0.331 e. The standard InChI is InChI=1S/C10H19NO3S/c1-4-9(10(12)13)5-6-11-8(2)7-15(3)14/h5,8,11H,4,6-7H2,1-3H3,(H,12,13). The van der Waals surface area contributed by atoms with Gasteiger partial charge in [0.15, 0.2) is 0 Å². The first-order valence-electron chi connectivity index (χ1n) is 4.93. The molecular weight excluding hydrogens is 214 g/mol. The fourth-order valence-corrected chi connectivity index (χ4v) is 2.00. The Hall–Kier alpha value is -0.680. The molecule has 0 bridgehead atoms. The van der Waals surface area contributed by atoms with Crippen LogP contribution in [0.3, 0.4) is 0 Å². The molecule has 2 atom stereocenters. The van der Waals surface area contributed by atoms with Crippen LogP contribution in [0.4, 0.5) is 0 Å². The van der Waals surface area contributed by atoms with Crippen LogP contribution in [0, 0.1) is 0 Å². The van der Waals surface area contributed by atoms with Crippen molar-refractivity contribution in [2.24, 2.45) is 0 Å². The summed E-state index contributed by atoms with van der Waals surface area (Å²) in [5, 5.41) is 11.8. The Balaban J connectivity index is 3.94. The third-order valence-electron chi connectivity index (χ3n) is 1.96. The Bertz CT molecular complexity index is 263. The zero-order chi connectivity index (χ0) is 11.8. The molecule has 0 aromatic rings. The number of nitrogens with one attached hydrogen (secondary N) is 1. The van der Waals surface area contributed by atoms with Gasteiger partial charge in [-0.1, -0.05) is 13.0 Å². The molecule has 0 heterocycles. The van der Waals surface area contributed by atoms with Crippen LogP contribution in [0.15, 0.2) is 11.6 Å². The van der Waals surface area contributed by atoms with Crippen molar-refractivity contribution in [3.8, 4) is 0 Å². The number of hydrogen-bond donors (Lipinski definition) is 2. The van der Waals surface area contributed by atoms with E-state index in [0.717, 1.165) is 0 Å². The van der Waals surface area contributed by atoms with E-state index in [0.29, 0.717) is 24.3 Å². The largest absolute Gasteiger partial charge is 0.478 e. The van der Waals surface area contributed by atoms with Gasteiger partial charge in [-0.05, 0) is 13.3 Å². The van der Waals surface area contributed by atoms with Gasteiger partial charge in [0.2, 0.25) is 0 Å². The van der Waals surface area contributed by atoms with Crippen LogP contribution in [-0.4, -0.2) is 39.9 Å². The van der Waals surface area contributed by atoms with Crippen molar-refractivity contribution in [3.63, 3.8) is 0 Å². The molecule has 88 valence electrons.